The van der Waals surface area contributed by atoms with E-state index in [-0.39, 0.29) is 17.5 Å². The molecule has 0 radical (unpaired) electrons. The zero-order chi connectivity index (χ0) is 18.5. The molecule has 0 spiro atoms. The Morgan fingerprint density at radius 1 is 1.12 bits per heavy atom. The zero-order valence-corrected chi connectivity index (χ0v) is 16.2. The molecular weight excluding hydrogens is 371 g/mol. The molecule has 2 aromatic rings. The van der Waals surface area contributed by atoms with Gasteiger partial charge in [0.05, 0.1) is 23.2 Å². The van der Waals surface area contributed by atoms with Crippen molar-refractivity contribution >= 4 is 29.1 Å². The van der Waals surface area contributed by atoms with Gasteiger partial charge in [-0.3, -0.25) is 9.69 Å². The summed E-state index contributed by atoms with van der Waals surface area (Å²) in [6.07, 6.45) is 2.37. The van der Waals surface area contributed by atoms with Crippen LogP contribution >= 0.6 is 23.2 Å². The summed E-state index contributed by atoms with van der Waals surface area (Å²) in [5.74, 6) is 0.0172. The van der Waals surface area contributed by atoms with Crippen molar-refractivity contribution in [2.45, 2.75) is 18.9 Å². The summed E-state index contributed by atoms with van der Waals surface area (Å²) in [5.41, 5.74) is 1.47. The lowest BCUT2D eigenvalue weighted by molar-refractivity contribution is 0.0935. The molecule has 1 fully saturated rings. The van der Waals surface area contributed by atoms with Crippen LogP contribution in [-0.2, 0) is 0 Å². The molecule has 138 valence electrons. The van der Waals surface area contributed by atoms with Gasteiger partial charge < -0.3 is 10.1 Å². The molecule has 0 aromatic heterocycles. The number of nitrogens with one attached hydrogen (secondary N) is 1. The molecule has 1 amide bonds. The largest absolute Gasteiger partial charge is 0.494 e. The van der Waals surface area contributed by atoms with E-state index in [0.717, 1.165) is 13.1 Å². The van der Waals surface area contributed by atoms with Crippen LogP contribution in [0.15, 0.2) is 42.5 Å². The second-order valence-electron chi connectivity index (χ2n) is 6.32. The number of halogens is 2. The van der Waals surface area contributed by atoms with Gasteiger partial charge >= 0.3 is 0 Å². The Kier molecular flexibility index (Phi) is 6.41. The van der Waals surface area contributed by atoms with Crippen molar-refractivity contribution in [3.8, 4) is 5.75 Å². The van der Waals surface area contributed by atoms with Crippen molar-refractivity contribution in [3.05, 3.63) is 63.6 Å². The van der Waals surface area contributed by atoms with Gasteiger partial charge in [0.1, 0.15) is 5.56 Å². The van der Waals surface area contributed by atoms with Crippen LogP contribution in [-0.4, -0.2) is 37.6 Å². The van der Waals surface area contributed by atoms with Crippen molar-refractivity contribution in [2.24, 2.45) is 0 Å². The van der Waals surface area contributed by atoms with E-state index in [1.54, 1.807) is 12.1 Å². The molecule has 1 unspecified atom stereocenters. The molecule has 26 heavy (non-hydrogen) atoms. The Balaban J connectivity index is 1.79. The normalized spacial score (nSPS) is 15.7. The van der Waals surface area contributed by atoms with E-state index >= 15 is 0 Å². The number of hydrogen-bond acceptors (Lipinski definition) is 3. The first-order valence-electron chi connectivity index (χ1n) is 8.71. The fraction of sp³-hybridized carbons (Fsp3) is 0.350. The Labute approximate surface area is 164 Å². The van der Waals surface area contributed by atoms with Crippen LogP contribution in [0.25, 0.3) is 0 Å². The van der Waals surface area contributed by atoms with Gasteiger partial charge in [0.25, 0.3) is 5.91 Å². The summed E-state index contributed by atoms with van der Waals surface area (Å²) in [5, 5.41) is 3.70. The average molecular weight is 393 g/mol. The number of benzene rings is 2. The number of hydrogen-bond donors (Lipinski definition) is 1. The fourth-order valence-electron chi connectivity index (χ4n) is 3.41. The third-order valence-electron chi connectivity index (χ3n) is 4.71. The predicted molar refractivity (Wildman–Crippen MR) is 105 cm³/mol. The summed E-state index contributed by atoms with van der Waals surface area (Å²) in [4.78, 5) is 15.2. The smallest absolute Gasteiger partial charge is 0.256 e. The van der Waals surface area contributed by atoms with Crippen LogP contribution in [0.5, 0.6) is 5.75 Å². The topological polar surface area (TPSA) is 41.6 Å². The average Bonchev–Trinajstić information content (AvgIpc) is 3.18. The second kappa shape index (κ2) is 8.76. The summed E-state index contributed by atoms with van der Waals surface area (Å²) in [7, 11) is 1.48. The number of methoxy groups -OCH3 is 1. The number of likely N-dealkylation sites (tertiary alicyclic amines) is 1. The highest BCUT2D eigenvalue weighted by atomic mass is 35.5. The van der Waals surface area contributed by atoms with E-state index in [1.165, 1.54) is 25.5 Å². The molecule has 1 atom stereocenters. The molecule has 6 heteroatoms. The van der Waals surface area contributed by atoms with Gasteiger partial charge in [0.2, 0.25) is 0 Å². The molecule has 0 saturated carbocycles. The fourth-order valence-corrected chi connectivity index (χ4v) is 3.88. The third kappa shape index (κ3) is 4.14. The van der Waals surface area contributed by atoms with Crippen molar-refractivity contribution in [1.29, 1.82) is 0 Å². The number of rotatable bonds is 6. The second-order valence-corrected chi connectivity index (χ2v) is 7.13. The Hall–Kier alpha value is -1.75. The van der Waals surface area contributed by atoms with Crippen molar-refractivity contribution < 1.29 is 9.53 Å². The molecule has 1 heterocycles. The van der Waals surface area contributed by atoms with E-state index in [1.807, 2.05) is 18.2 Å². The molecule has 3 rings (SSSR count). The number of amides is 1. The van der Waals surface area contributed by atoms with Gasteiger partial charge in [0.15, 0.2) is 5.75 Å². The highest BCUT2D eigenvalue weighted by Crippen LogP contribution is 2.34. The summed E-state index contributed by atoms with van der Waals surface area (Å²) in [6.45, 7) is 2.57. The Bertz CT molecular complexity index is 762. The molecular formula is C20H22Cl2N2O2. The maximum atomic E-state index is 12.8. The van der Waals surface area contributed by atoms with Crippen LogP contribution < -0.4 is 10.1 Å². The number of carbonyl (C=O) groups is 1. The lowest BCUT2D eigenvalue weighted by atomic mass is 10.1. The lowest BCUT2D eigenvalue weighted by Gasteiger charge is -2.28. The SMILES string of the molecule is COc1c(Cl)ccc(Cl)c1C(=O)NCC(c1ccccc1)N1CCCC1. The molecule has 1 aliphatic rings. The lowest BCUT2D eigenvalue weighted by Crippen LogP contribution is -2.37. The van der Waals surface area contributed by atoms with Gasteiger partial charge in [-0.25, -0.2) is 0 Å². The summed E-state index contributed by atoms with van der Waals surface area (Å²) in [6, 6.07) is 13.6. The van der Waals surface area contributed by atoms with E-state index in [9.17, 15) is 4.79 Å². The van der Waals surface area contributed by atoms with E-state index in [2.05, 4.69) is 22.3 Å². The molecule has 0 bridgehead atoms. The molecule has 1 saturated heterocycles. The van der Waals surface area contributed by atoms with Crippen LogP contribution in [0.2, 0.25) is 10.0 Å². The highest BCUT2D eigenvalue weighted by Gasteiger charge is 2.25. The molecule has 1 N–H and O–H groups in total. The predicted octanol–water partition coefficient (Wildman–Crippen LogP) is 4.57. The maximum absolute atomic E-state index is 12.8. The minimum Gasteiger partial charge on any atom is -0.494 e. The van der Waals surface area contributed by atoms with Gasteiger partial charge in [0, 0.05) is 6.54 Å². The molecule has 0 aliphatic carbocycles. The first-order chi connectivity index (χ1) is 12.6. The maximum Gasteiger partial charge on any atom is 0.256 e. The van der Waals surface area contributed by atoms with Crippen molar-refractivity contribution in [1.82, 2.24) is 10.2 Å². The molecule has 1 aliphatic heterocycles. The van der Waals surface area contributed by atoms with Crippen LogP contribution in [0, 0.1) is 0 Å². The summed E-state index contributed by atoms with van der Waals surface area (Å²) >= 11 is 12.4. The van der Waals surface area contributed by atoms with Crippen LogP contribution in [0.1, 0.15) is 34.8 Å². The standard InChI is InChI=1S/C20H22Cl2N2O2/c1-26-19-16(22)10-9-15(21)18(19)20(25)23-13-17(24-11-5-6-12-24)14-7-3-2-4-8-14/h2-4,7-10,17H,5-6,11-13H2,1H3,(H,23,25). The first kappa shape index (κ1) is 19.0. The number of nitrogens with zero attached hydrogens (tertiary/aromatic N) is 1. The zero-order valence-electron chi connectivity index (χ0n) is 14.7. The Morgan fingerprint density at radius 3 is 2.42 bits per heavy atom. The minimum atomic E-state index is -0.283. The number of carbonyl (C=O) groups excluding carboxylic acids is 1. The van der Waals surface area contributed by atoms with Crippen molar-refractivity contribution in [3.63, 3.8) is 0 Å². The van der Waals surface area contributed by atoms with Crippen molar-refractivity contribution in [2.75, 3.05) is 26.7 Å². The third-order valence-corrected chi connectivity index (χ3v) is 5.32. The highest BCUT2D eigenvalue weighted by molar-refractivity contribution is 6.37. The monoisotopic (exact) mass is 392 g/mol. The van der Waals surface area contributed by atoms with Gasteiger partial charge in [-0.15, -0.1) is 0 Å². The Morgan fingerprint density at radius 2 is 1.77 bits per heavy atom. The van der Waals surface area contributed by atoms with Gasteiger partial charge in [-0.1, -0.05) is 53.5 Å². The van der Waals surface area contributed by atoms with E-state index < -0.39 is 0 Å². The number of ether oxygens (including phenoxy) is 1. The van der Waals surface area contributed by atoms with E-state index in [0.29, 0.717) is 22.3 Å². The van der Waals surface area contributed by atoms with Crippen LogP contribution in [0.4, 0.5) is 0 Å². The first-order valence-corrected chi connectivity index (χ1v) is 9.46. The van der Waals surface area contributed by atoms with Gasteiger partial charge in [-0.05, 0) is 43.6 Å². The van der Waals surface area contributed by atoms with Crippen LogP contribution in [0.3, 0.4) is 0 Å². The molecule has 2 aromatic carbocycles. The minimum absolute atomic E-state index is 0.131. The van der Waals surface area contributed by atoms with Gasteiger partial charge in [-0.2, -0.15) is 0 Å². The quantitative estimate of drug-likeness (QED) is 0.782. The summed E-state index contributed by atoms with van der Waals surface area (Å²) < 4.78 is 5.28. The van der Waals surface area contributed by atoms with E-state index in [4.69, 9.17) is 27.9 Å². The molecule has 4 nitrogen and oxygen atoms in total.